The highest BCUT2D eigenvalue weighted by Crippen LogP contribution is 2.44. The zero-order valence-electron chi connectivity index (χ0n) is 7.07. The van der Waals surface area contributed by atoms with Crippen molar-refractivity contribution in [3.05, 3.63) is 0 Å². The molecule has 0 fully saturated rings. The van der Waals surface area contributed by atoms with Gasteiger partial charge in [0.1, 0.15) is 6.29 Å². The molecule has 0 rings (SSSR count). The van der Waals surface area contributed by atoms with Crippen molar-refractivity contribution in [1.29, 1.82) is 0 Å². The largest absolute Gasteiger partial charge is 0.285 e. The Morgan fingerprint density at radius 1 is 1.22 bits per heavy atom. The van der Waals surface area contributed by atoms with E-state index in [9.17, 15) is 0 Å². The maximum Gasteiger partial charge on any atom is 0.108 e. The van der Waals surface area contributed by atoms with E-state index in [1.807, 2.05) is 0 Å². The number of hydrogen-bond donors (Lipinski definition) is 1. The second-order valence-electron chi connectivity index (χ2n) is 3.45. The van der Waals surface area contributed by atoms with Crippen LogP contribution in [-0.4, -0.2) is 32.8 Å². The van der Waals surface area contributed by atoms with Crippen LogP contribution < -0.4 is 5.32 Å². The van der Waals surface area contributed by atoms with Gasteiger partial charge < -0.3 is 0 Å². The third-order valence-electron chi connectivity index (χ3n) is 1.01. The van der Waals surface area contributed by atoms with E-state index in [1.54, 1.807) is 0 Å². The molecule has 0 aromatic heterocycles. The van der Waals surface area contributed by atoms with Crippen molar-refractivity contribution in [2.45, 2.75) is 13.3 Å². The average Bonchev–Trinajstić information content (AvgIpc) is 1.63. The standard InChI is InChI=1S/C7H19NP/c1-5-6-8-7-9(2,3)4/h8H,5-7H2,1-4H3/q+1. The van der Waals surface area contributed by atoms with Crippen LogP contribution in [0.3, 0.4) is 0 Å². The Morgan fingerprint density at radius 3 is 2.11 bits per heavy atom. The van der Waals surface area contributed by atoms with Gasteiger partial charge in [-0.2, -0.15) is 0 Å². The highest BCUT2D eigenvalue weighted by atomic mass is 31.2. The van der Waals surface area contributed by atoms with Crippen molar-refractivity contribution >= 4 is 7.26 Å². The fourth-order valence-corrected chi connectivity index (χ4v) is 1.42. The number of rotatable bonds is 4. The van der Waals surface area contributed by atoms with E-state index in [1.165, 1.54) is 19.3 Å². The SMILES string of the molecule is CCCNC[P+](C)(C)C. The van der Waals surface area contributed by atoms with Crippen LogP contribution in [0.25, 0.3) is 0 Å². The maximum absolute atomic E-state index is 3.42. The van der Waals surface area contributed by atoms with Crippen LogP contribution >= 0.6 is 7.26 Å². The van der Waals surface area contributed by atoms with Crippen LogP contribution in [-0.2, 0) is 0 Å². The van der Waals surface area contributed by atoms with Crippen LogP contribution in [0.2, 0.25) is 0 Å². The van der Waals surface area contributed by atoms with E-state index < -0.39 is 7.26 Å². The molecule has 0 aliphatic carbocycles. The van der Waals surface area contributed by atoms with Gasteiger partial charge in [0, 0.05) is 27.3 Å². The van der Waals surface area contributed by atoms with E-state index in [2.05, 4.69) is 32.2 Å². The fourth-order valence-electron chi connectivity index (χ4n) is 0.591. The van der Waals surface area contributed by atoms with Crippen molar-refractivity contribution in [2.75, 3.05) is 32.8 Å². The smallest absolute Gasteiger partial charge is 0.108 e. The molecule has 0 saturated heterocycles. The third kappa shape index (κ3) is 8.39. The summed E-state index contributed by atoms with van der Waals surface area (Å²) < 4.78 is 0. The minimum Gasteiger partial charge on any atom is -0.285 e. The second kappa shape index (κ2) is 4.24. The summed E-state index contributed by atoms with van der Waals surface area (Å²) in [5.41, 5.74) is 0. The summed E-state index contributed by atoms with van der Waals surface area (Å²) in [6, 6.07) is 0. The lowest BCUT2D eigenvalue weighted by Crippen LogP contribution is -2.17. The third-order valence-corrected chi connectivity index (χ3v) is 2.19. The van der Waals surface area contributed by atoms with Crippen molar-refractivity contribution in [1.82, 2.24) is 5.32 Å². The molecular weight excluding hydrogens is 129 g/mol. The van der Waals surface area contributed by atoms with Crippen LogP contribution in [0, 0.1) is 0 Å². The van der Waals surface area contributed by atoms with Gasteiger partial charge >= 0.3 is 0 Å². The first kappa shape index (κ1) is 9.39. The van der Waals surface area contributed by atoms with E-state index >= 15 is 0 Å². The molecule has 0 aliphatic heterocycles. The van der Waals surface area contributed by atoms with Crippen LogP contribution in [0.4, 0.5) is 0 Å². The summed E-state index contributed by atoms with van der Waals surface area (Å²) in [6.45, 7) is 10.5. The Bertz CT molecular complexity index is 65.8. The molecule has 0 heterocycles. The molecule has 56 valence electrons. The van der Waals surface area contributed by atoms with E-state index in [-0.39, 0.29) is 0 Å². The molecule has 0 aliphatic rings. The highest BCUT2D eigenvalue weighted by Gasteiger charge is 2.14. The van der Waals surface area contributed by atoms with Crippen molar-refractivity contribution < 1.29 is 0 Å². The normalized spacial score (nSPS) is 12.0. The summed E-state index contributed by atoms with van der Waals surface area (Å²) in [7, 11) is -0.557. The number of hydrogen-bond acceptors (Lipinski definition) is 1. The summed E-state index contributed by atoms with van der Waals surface area (Å²) in [4.78, 5) is 0. The predicted molar refractivity (Wildman–Crippen MR) is 47.9 cm³/mol. The highest BCUT2D eigenvalue weighted by molar-refractivity contribution is 7.73. The Hall–Kier alpha value is 0.390. The van der Waals surface area contributed by atoms with E-state index in [0.29, 0.717) is 0 Å². The molecule has 0 atom stereocenters. The van der Waals surface area contributed by atoms with Gasteiger partial charge in [0.15, 0.2) is 0 Å². The molecule has 0 saturated carbocycles. The van der Waals surface area contributed by atoms with E-state index in [0.717, 1.165) is 0 Å². The molecule has 9 heavy (non-hydrogen) atoms. The van der Waals surface area contributed by atoms with Gasteiger partial charge in [-0.25, -0.2) is 0 Å². The Morgan fingerprint density at radius 2 is 1.78 bits per heavy atom. The van der Waals surface area contributed by atoms with Crippen molar-refractivity contribution in [3.63, 3.8) is 0 Å². The van der Waals surface area contributed by atoms with Gasteiger partial charge in [-0.1, -0.05) is 6.92 Å². The minimum absolute atomic E-state index is 0.557. The second-order valence-corrected chi connectivity index (χ2v) is 8.35. The van der Waals surface area contributed by atoms with Gasteiger partial charge in [0.2, 0.25) is 0 Å². The molecule has 0 amide bonds. The lowest BCUT2D eigenvalue weighted by atomic mass is 10.5. The maximum atomic E-state index is 3.42. The molecule has 0 aromatic carbocycles. The lowest BCUT2D eigenvalue weighted by molar-refractivity contribution is 0.751. The van der Waals surface area contributed by atoms with Gasteiger partial charge in [0.25, 0.3) is 0 Å². The summed E-state index contributed by atoms with van der Waals surface area (Å²) in [5.74, 6) is 0. The molecule has 1 N–H and O–H groups in total. The fraction of sp³-hybridized carbons (Fsp3) is 1.00. The first-order chi connectivity index (χ1) is 4.06. The van der Waals surface area contributed by atoms with E-state index in [4.69, 9.17) is 0 Å². The van der Waals surface area contributed by atoms with Crippen LogP contribution in [0.1, 0.15) is 13.3 Å². The van der Waals surface area contributed by atoms with Crippen molar-refractivity contribution in [3.8, 4) is 0 Å². The molecule has 0 radical (unpaired) electrons. The summed E-state index contributed by atoms with van der Waals surface area (Å²) in [6.07, 6.45) is 2.49. The molecule has 0 bridgehead atoms. The van der Waals surface area contributed by atoms with Gasteiger partial charge in [-0.3, -0.25) is 5.32 Å². The zero-order valence-corrected chi connectivity index (χ0v) is 7.96. The monoisotopic (exact) mass is 148 g/mol. The molecular formula is C7H19NP+. The quantitative estimate of drug-likeness (QED) is 0.474. The first-order valence-corrected chi connectivity index (χ1v) is 6.89. The van der Waals surface area contributed by atoms with Crippen LogP contribution in [0.15, 0.2) is 0 Å². The molecule has 0 aromatic rings. The molecule has 0 unspecified atom stereocenters. The average molecular weight is 148 g/mol. The van der Waals surface area contributed by atoms with Gasteiger partial charge in [0.05, 0.1) is 0 Å². The van der Waals surface area contributed by atoms with Gasteiger partial charge in [-0.05, 0) is 13.0 Å². The molecule has 0 spiro atoms. The predicted octanol–water partition coefficient (Wildman–Crippen LogP) is 1.85. The molecule has 2 heteroatoms. The Kier molecular flexibility index (Phi) is 4.43. The Balaban J connectivity index is 3.07. The van der Waals surface area contributed by atoms with Crippen LogP contribution in [0.5, 0.6) is 0 Å². The minimum atomic E-state index is -0.557. The Labute approximate surface area is 59.6 Å². The topological polar surface area (TPSA) is 12.0 Å². The zero-order chi connectivity index (χ0) is 7.33. The summed E-state index contributed by atoms with van der Waals surface area (Å²) in [5, 5.41) is 3.42. The summed E-state index contributed by atoms with van der Waals surface area (Å²) >= 11 is 0. The number of nitrogens with one attached hydrogen (secondary N) is 1. The first-order valence-electron chi connectivity index (χ1n) is 3.57. The van der Waals surface area contributed by atoms with Gasteiger partial charge in [-0.15, -0.1) is 0 Å². The lowest BCUT2D eigenvalue weighted by Gasteiger charge is -2.11. The molecule has 1 nitrogen and oxygen atoms in total. The van der Waals surface area contributed by atoms with Crippen molar-refractivity contribution in [2.24, 2.45) is 0 Å².